The standard InChI is InChI=1S/C15H20N2O2S/c1-12-6-9-17(10-7-12)20(18,19)14-4-5-15-13(11-14)3-2-8-16-15/h4-6,11,16H,2-3,7-10H2,1H3. The van der Waals surface area contributed by atoms with Crippen LogP contribution in [0.3, 0.4) is 0 Å². The van der Waals surface area contributed by atoms with E-state index in [2.05, 4.69) is 12.2 Å². The molecule has 0 bridgehead atoms. The minimum atomic E-state index is -3.36. The average Bonchev–Trinajstić information content (AvgIpc) is 2.47. The van der Waals surface area contributed by atoms with E-state index in [1.165, 1.54) is 5.57 Å². The molecule has 5 heteroatoms. The second kappa shape index (κ2) is 5.22. The number of hydrogen-bond acceptors (Lipinski definition) is 3. The van der Waals surface area contributed by atoms with Gasteiger partial charge in [-0.05, 0) is 49.9 Å². The third-order valence-corrected chi connectivity index (χ3v) is 5.91. The number of anilines is 1. The lowest BCUT2D eigenvalue weighted by atomic mass is 10.0. The second-order valence-electron chi connectivity index (χ2n) is 5.51. The van der Waals surface area contributed by atoms with Crippen LogP contribution in [-0.2, 0) is 16.4 Å². The van der Waals surface area contributed by atoms with Gasteiger partial charge in [0, 0.05) is 25.3 Å². The molecule has 1 N–H and O–H groups in total. The van der Waals surface area contributed by atoms with Crippen LogP contribution < -0.4 is 5.32 Å². The van der Waals surface area contributed by atoms with Crippen molar-refractivity contribution in [3.63, 3.8) is 0 Å². The Labute approximate surface area is 120 Å². The molecule has 20 heavy (non-hydrogen) atoms. The quantitative estimate of drug-likeness (QED) is 0.852. The molecular weight excluding hydrogens is 272 g/mol. The maximum Gasteiger partial charge on any atom is 0.243 e. The van der Waals surface area contributed by atoms with Crippen LogP contribution in [0.4, 0.5) is 5.69 Å². The fraction of sp³-hybridized carbons (Fsp3) is 0.467. The number of nitrogens with zero attached hydrogens (tertiary/aromatic N) is 1. The van der Waals surface area contributed by atoms with Crippen molar-refractivity contribution < 1.29 is 8.42 Å². The van der Waals surface area contributed by atoms with Gasteiger partial charge in [-0.15, -0.1) is 0 Å². The summed E-state index contributed by atoms with van der Waals surface area (Å²) in [6.45, 7) is 4.09. The average molecular weight is 292 g/mol. The summed E-state index contributed by atoms with van der Waals surface area (Å²) >= 11 is 0. The van der Waals surface area contributed by atoms with E-state index in [0.717, 1.165) is 37.1 Å². The molecule has 4 nitrogen and oxygen atoms in total. The Hall–Kier alpha value is -1.33. The molecule has 0 radical (unpaired) electrons. The van der Waals surface area contributed by atoms with Gasteiger partial charge in [-0.3, -0.25) is 0 Å². The van der Waals surface area contributed by atoms with Crippen LogP contribution in [-0.4, -0.2) is 32.4 Å². The van der Waals surface area contributed by atoms with Crippen LogP contribution in [0.1, 0.15) is 25.3 Å². The highest BCUT2D eigenvalue weighted by Crippen LogP contribution is 2.27. The zero-order valence-electron chi connectivity index (χ0n) is 11.7. The van der Waals surface area contributed by atoms with Crippen molar-refractivity contribution in [2.75, 3.05) is 25.0 Å². The molecule has 0 unspecified atom stereocenters. The van der Waals surface area contributed by atoms with E-state index in [1.54, 1.807) is 10.4 Å². The molecule has 2 aliphatic heterocycles. The molecule has 1 aromatic carbocycles. The first-order valence-electron chi connectivity index (χ1n) is 7.10. The summed E-state index contributed by atoms with van der Waals surface area (Å²) in [6, 6.07) is 5.45. The van der Waals surface area contributed by atoms with Crippen molar-refractivity contribution >= 4 is 15.7 Å². The zero-order chi connectivity index (χ0) is 14.2. The van der Waals surface area contributed by atoms with E-state index in [1.807, 2.05) is 18.2 Å². The Morgan fingerprint density at radius 3 is 2.85 bits per heavy atom. The minimum Gasteiger partial charge on any atom is -0.385 e. The Balaban J connectivity index is 1.91. The van der Waals surface area contributed by atoms with Gasteiger partial charge >= 0.3 is 0 Å². The summed E-state index contributed by atoms with van der Waals surface area (Å²) in [5.41, 5.74) is 3.46. The SMILES string of the molecule is CC1=CCN(S(=O)(=O)c2ccc3c(c2)CCCN3)CC1. The number of rotatable bonds is 2. The first kappa shape index (κ1) is 13.6. The number of sulfonamides is 1. The Morgan fingerprint density at radius 1 is 1.25 bits per heavy atom. The number of nitrogens with one attached hydrogen (secondary N) is 1. The van der Waals surface area contributed by atoms with Gasteiger partial charge in [0.25, 0.3) is 0 Å². The Bertz CT molecular complexity index is 650. The summed E-state index contributed by atoms with van der Waals surface area (Å²) in [4.78, 5) is 0.424. The molecule has 0 amide bonds. The van der Waals surface area contributed by atoms with Crippen molar-refractivity contribution in [3.8, 4) is 0 Å². The third kappa shape index (κ3) is 2.47. The lowest BCUT2D eigenvalue weighted by molar-refractivity contribution is 0.431. The van der Waals surface area contributed by atoms with E-state index in [4.69, 9.17) is 0 Å². The monoisotopic (exact) mass is 292 g/mol. The molecular formula is C15H20N2O2S. The minimum absolute atomic E-state index is 0.424. The second-order valence-corrected chi connectivity index (χ2v) is 7.45. The van der Waals surface area contributed by atoms with E-state index in [0.29, 0.717) is 18.0 Å². The van der Waals surface area contributed by atoms with E-state index < -0.39 is 10.0 Å². The van der Waals surface area contributed by atoms with Gasteiger partial charge in [0.05, 0.1) is 4.90 Å². The van der Waals surface area contributed by atoms with Crippen LogP contribution >= 0.6 is 0 Å². The van der Waals surface area contributed by atoms with Gasteiger partial charge in [-0.25, -0.2) is 8.42 Å². The van der Waals surface area contributed by atoms with Crippen molar-refractivity contribution in [2.45, 2.75) is 31.1 Å². The van der Waals surface area contributed by atoms with Crippen molar-refractivity contribution in [1.82, 2.24) is 4.31 Å². The number of fused-ring (bicyclic) bond motifs is 1. The lowest BCUT2D eigenvalue weighted by Gasteiger charge is -2.26. The van der Waals surface area contributed by atoms with Gasteiger partial charge in [0.15, 0.2) is 0 Å². The van der Waals surface area contributed by atoms with Crippen LogP contribution in [0.25, 0.3) is 0 Å². The van der Waals surface area contributed by atoms with Crippen LogP contribution in [0.15, 0.2) is 34.7 Å². The summed E-state index contributed by atoms with van der Waals surface area (Å²) in [5.74, 6) is 0. The highest BCUT2D eigenvalue weighted by Gasteiger charge is 2.26. The predicted octanol–water partition coefficient (Wildman–Crippen LogP) is 2.39. The molecule has 0 aromatic heterocycles. The number of hydrogen-bond donors (Lipinski definition) is 1. The van der Waals surface area contributed by atoms with Crippen LogP contribution in [0.2, 0.25) is 0 Å². The smallest absolute Gasteiger partial charge is 0.243 e. The maximum absolute atomic E-state index is 12.7. The summed E-state index contributed by atoms with van der Waals surface area (Å²) in [6.07, 6.45) is 4.83. The first-order chi connectivity index (χ1) is 9.57. The number of benzene rings is 1. The van der Waals surface area contributed by atoms with Gasteiger partial charge in [-0.1, -0.05) is 11.6 Å². The van der Waals surface area contributed by atoms with Gasteiger partial charge < -0.3 is 5.32 Å². The fourth-order valence-electron chi connectivity index (χ4n) is 2.73. The van der Waals surface area contributed by atoms with Gasteiger partial charge in [-0.2, -0.15) is 4.31 Å². The van der Waals surface area contributed by atoms with Crippen molar-refractivity contribution in [1.29, 1.82) is 0 Å². The fourth-order valence-corrected chi connectivity index (χ4v) is 4.16. The molecule has 0 fully saturated rings. The largest absolute Gasteiger partial charge is 0.385 e. The molecule has 0 atom stereocenters. The molecule has 0 saturated carbocycles. The summed E-state index contributed by atoms with van der Waals surface area (Å²) in [5, 5.41) is 3.31. The van der Waals surface area contributed by atoms with Crippen LogP contribution in [0.5, 0.6) is 0 Å². The molecule has 3 rings (SSSR count). The Morgan fingerprint density at radius 2 is 2.10 bits per heavy atom. The molecule has 0 saturated heterocycles. The molecule has 2 heterocycles. The number of aryl methyl sites for hydroxylation is 1. The summed E-state index contributed by atoms with van der Waals surface area (Å²) in [7, 11) is -3.36. The normalized spacial score (nSPS) is 19.9. The first-order valence-corrected chi connectivity index (χ1v) is 8.54. The maximum atomic E-state index is 12.7. The lowest BCUT2D eigenvalue weighted by Crippen LogP contribution is -2.34. The highest BCUT2D eigenvalue weighted by molar-refractivity contribution is 7.89. The van der Waals surface area contributed by atoms with Crippen molar-refractivity contribution in [2.24, 2.45) is 0 Å². The van der Waals surface area contributed by atoms with E-state index >= 15 is 0 Å². The summed E-state index contributed by atoms with van der Waals surface area (Å²) < 4.78 is 26.9. The molecule has 0 spiro atoms. The topological polar surface area (TPSA) is 49.4 Å². The highest BCUT2D eigenvalue weighted by atomic mass is 32.2. The molecule has 2 aliphatic rings. The van der Waals surface area contributed by atoms with Gasteiger partial charge in [0.2, 0.25) is 10.0 Å². The third-order valence-electron chi connectivity index (χ3n) is 4.05. The van der Waals surface area contributed by atoms with E-state index in [9.17, 15) is 8.42 Å². The Kier molecular flexibility index (Phi) is 3.56. The van der Waals surface area contributed by atoms with E-state index in [-0.39, 0.29) is 0 Å². The molecule has 1 aromatic rings. The molecule has 108 valence electrons. The van der Waals surface area contributed by atoms with Gasteiger partial charge in [0.1, 0.15) is 0 Å². The van der Waals surface area contributed by atoms with Crippen molar-refractivity contribution in [3.05, 3.63) is 35.4 Å². The molecule has 0 aliphatic carbocycles. The zero-order valence-corrected chi connectivity index (χ0v) is 12.5. The predicted molar refractivity (Wildman–Crippen MR) is 80.4 cm³/mol. The van der Waals surface area contributed by atoms with Crippen LogP contribution in [0, 0.1) is 0 Å².